The van der Waals surface area contributed by atoms with Crippen molar-refractivity contribution < 1.29 is 21.2 Å². The summed E-state index contributed by atoms with van der Waals surface area (Å²) in [6, 6.07) is 11.2. The van der Waals surface area contributed by atoms with Gasteiger partial charge in [0, 0.05) is 11.1 Å². The number of halogens is 2. The molecule has 2 atom stereocenters. The van der Waals surface area contributed by atoms with Crippen LogP contribution < -0.4 is 5.32 Å². The average molecular weight is 432 g/mol. The molecule has 1 aliphatic heterocycles. The van der Waals surface area contributed by atoms with Crippen molar-refractivity contribution >= 4 is 31.3 Å². The molecule has 1 heterocycles. The lowest BCUT2D eigenvalue weighted by Gasteiger charge is -2.20. The van der Waals surface area contributed by atoms with Gasteiger partial charge in [-0.15, -0.1) is 0 Å². The summed E-state index contributed by atoms with van der Waals surface area (Å²) >= 11 is 5.80. The smallest absolute Gasteiger partial charge is 0.183 e. The van der Waals surface area contributed by atoms with Crippen molar-refractivity contribution in [3.8, 4) is 0 Å². The summed E-state index contributed by atoms with van der Waals surface area (Å²) in [7, 11) is -7.34. The Morgan fingerprint density at radius 1 is 1.07 bits per heavy atom. The third-order valence-corrected chi connectivity index (χ3v) is 9.02. The minimum absolute atomic E-state index is 0.0369. The molecule has 1 N–H and O–H groups in total. The van der Waals surface area contributed by atoms with Crippen LogP contribution in [0.25, 0.3) is 0 Å². The van der Waals surface area contributed by atoms with Gasteiger partial charge in [-0.05, 0) is 48.9 Å². The van der Waals surface area contributed by atoms with Crippen LogP contribution in [0.2, 0.25) is 5.02 Å². The molecule has 1 fully saturated rings. The first-order chi connectivity index (χ1) is 12.7. The van der Waals surface area contributed by atoms with E-state index in [1.807, 2.05) is 0 Å². The Balaban J connectivity index is 1.77. The van der Waals surface area contributed by atoms with Crippen molar-refractivity contribution in [2.24, 2.45) is 0 Å². The SMILES string of the molecule is O=S1(=O)CC(NCCc2ccccc2F)C(S(=O)(=O)c2ccc(Cl)cc2)C1. The second-order valence-electron chi connectivity index (χ2n) is 6.52. The first kappa shape index (κ1) is 20.3. The van der Waals surface area contributed by atoms with Crippen molar-refractivity contribution in [1.82, 2.24) is 5.32 Å². The monoisotopic (exact) mass is 431 g/mol. The van der Waals surface area contributed by atoms with Gasteiger partial charge in [0.1, 0.15) is 5.82 Å². The van der Waals surface area contributed by atoms with E-state index in [0.717, 1.165) is 0 Å². The number of nitrogens with one attached hydrogen (secondary N) is 1. The minimum atomic E-state index is -3.85. The van der Waals surface area contributed by atoms with Crippen LogP contribution >= 0.6 is 11.6 Å². The Kier molecular flexibility index (Phi) is 5.90. The van der Waals surface area contributed by atoms with Crippen LogP contribution in [-0.4, -0.2) is 46.2 Å². The first-order valence-electron chi connectivity index (χ1n) is 8.36. The van der Waals surface area contributed by atoms with Gasteiger partial charge in [0.2, 0.25) is 0 Å². The maximum Gasteiger partial charge on any atom is 0.183 e. The van der Waals surface area contributed by atoms with E-state index < -0.39 is 36.7 Å². The molecule has 0 radical (unpaired) electrons. The highest BCUT2D eigenvalue weighted by Gasteiger charge is 2.45. The van der Waals surface area contributed by atoms with Crippen molar-refractivity contribution in [3.63, 3.8) is 0 Å². The standard InChI is InChI=1S/C18H19ClFNO4S2/c19-14-5-7-15(8-6-14)27(24,25)18-12-26(22,23)11-17(18)21-10-9-13-3-1-2-4-16(13)20/h1-8,17-18,21H,9-12H2. The molecular weight excluding hydrogens is 413 g/mol. The van der Waals surface area contributed by atoms with Gasteiger partial charge in [0.15, 0.2) is 19.7 Å². The third-order valence-electron chi connectivity index (χ3n) is 4.60. The fraction of sp³-hybridized carbons (Fsp3) is 0.333. The van der Waals surface area contributed by atoms with Gasteiger partial charge in [-0.1, -0.05) is 29.8 Å². The Labute approximate surface area is 163 Å². The van der Waals surface area contributed by atoms with Crippen LogP contribution in [0, 0.1) is 5.82 Å². The molecule has 146 valence electrons. The van der Waals surface area contributed by atoms with Crippen molar-refractivity contribution in [2.45, 2.75) is 22.6 Å². The zero-order chi connectivity index (χ0) is 19.7. The number of hydrogen-bond acceptors (Lipinski definition) is 5. The Morgan fingerprint density at radius 2 is 1.74 bits per heavy atom. The molecule has 27 heavy (non-hydrogen) atoms. The van der Waals surface area contributed by atoms with Crippen LogP contribution in [0.3, 0.4) is 0 Å². The number of rotatable bonds is 6. The van der Waals surface area contributed by atoms with Gasteiger partial charge < -0.3 is 5.32 Å². The van der Waals surface area contributed by atoms with Crippen molar-refractivity contribution in [1.29, 1.82) is 0 Å². The van der Waals surface area contributed by atoms with E-state index in [4.69, 9.17) is 11.6 Å². The first-order valence-corrected chi connectivity index (χ1v) is 12.1. The summed E-state index contributed by atoms with van der Waals surface area (Å²) in [5.41, 5.74) is 0.489. The summed E-state index contributed by atoms with van der Waals surface area (Å²) in [6.07, 6.45) is 0.330. The number of benzene rings is 2. The van der Waals surface area contributed by atoms with Crippen LogP contribution in [0.5, 0.6) is 0 Å². The molecule has 0 saturated carbocycles. The Hall–Kier alpha value is -1.48. The highest BCUT2D eigenvalue weighted by molar-refractivity contribution is 7.96. The molecule has 5 nitrogen and oxygen atoms in total. The topological polar surface area (TPSA) is 80.3 Å². The maximum absolute atomic E-state index is 13.7. The quantitative estimate of drug-likeness (QED) is 0.758. The Morgan fingerprint density at radius 3 is 2.41 bits per heavy atom. The van der Waals surface area contributed by atoms with E-state index in [1.54, 1.807) is 18.2 Å². The molecule has 0 bridgehead atoms. The van der Waals surface area contributed by atoms with E-state index in [-0.39, 0.29) is 23.0 Å². The van der Waals surface area contributed by atoms with E-state index in [9.17, 15) is 21.2 Å². The highest BCUT2D eigenvalue weighted by atomic mass is 35.5. The summed E-state index contributed by atoms with van der Waals surface area (Å²) in [5.74, 6) is -1.04. The molecule has 0 aromatic heterocycles. The molecule has 2 unspecified atom stereocenters. The fourth-order valence-electron chi connectivity index (χ4n) is 3.20. The summed E-state index contributed by atoms with van der Waals surface area (Å²) in [5, 5.41) is 2.30. The summed E-state index contributed by atoms with van der Waals surface area (Å²) in [4.78, 5) is 0.0369. The molecule has 1 aliphatic rings. The minimum Gasteiger partial charge on any atom is -0.311 e. The van der Waals surface area contributed by atoms with Gasteiger partial charge in [-0.2, -0.15) is 0 Å². The molecule has 1 saturated heterocycles. The molecular formula is C18H19ClFNO4S2. The van der Waals surface area contributed by atoms with Gasteiger partial charge in [-0.25, -0.2) is 21.2 Å². The number of hydrogen-bond donors (Lipinski definition) is 1. The second kappa shape index (κ2) is 7.87. The average Bonchev–Trinajstić information content (AvgIpc) is 2.92. The van der Waals surface area contributed by atoms with Crippen LogP contribution in [-0.2, 0) is 26.1 Å². The molecule has 9 heteroatoms. The lowest BCUT2D eigenvalue weighted by Crippen LogP contribution is -2.44. The third kappa shape index (κ3) is 4.68. The van der Waals surface area contributed by atoms with Gasteiger partial charge >= 0.3 is 0 Å². The molecule has 3 rings (SSSR count). The molecule has 0 spiro atoms. The van der Waals surface area contributed by atoms with Crippen LogP contribution in [0.15, 0.2) is 53.4 Å². The van der Waals surface area contributed by atoms with Crippen LogP contribution in [0.4, 0.5) is 4.39 Å². The lowest BCUT2D eigenvalue weighted by atomic mass is 10.1. The van der Waals surface area contributed by atoms with Gasteiger partial charge in [0.25, 0.3) is 0 Å². The molecule has 0 aliphatic carbocycles. The second-order valence-corrected chi connectivity index (χ2v) is 11.3. The predicted molar refractivity (Wildman–Crippen MR) is 103 cm³/mol. The van der Waals surface area contributed by atoms with E-state index >= 15 is 0 Å². The summed E-state index contributed by atoms with van der Waals surface area (Å²) in [6.45, 7) is 0.272. The van der Waals surface area contributed by atoms with Crippen molar-refractivity contribution in [3.05, 3.63) is 64.9 Å². The Bertz CT molecular complexity index is 1020. The zero-order valence-corrected chi connectivity index (χ0v) is 16.7. The molecule has 2 aromatic carbocycles. The van der Waals surface area contributed by atoms with E-state index in [2.05, 4.69) is 5.32 Å². The normalized spacial score (nSPS) is 22.0. The highest BCUT2D eigenvalue weighted by Crippen LogP contribution is 2.27. The van der Waals surface area contributed by atoms with Crippen molar-refractivity contribution in [2.75, 3.05) is 18.1 Å². The fourth-order valence-corrected chi connectivity index (χ4v) is 8.05. The number of sulfone groups is 2. The van der Waals surface area contributed by atoms with Gasteiger partial charge in [-0.3, -0.25) is 0 Å². The summed E-state index contributed by atoms with van der Waals surface area (Å²) < 4.78 is 63.7. The predicted octanol–water partition coefficient (Wildman–Crippen LogP) is 2.25. The van der Waals surface area contributed by atoms with Crippen LogP contribution in [0.1, 0.15) is 5.56 Å². The van der Waals surface area contributed by atoms with E-state index in [0.29, 0.717) is 17.0 Å². The maximum atomic E-state index is 13.7. The molecule has 2 aromatic rings. The lowest BCUT2D eigenvalue weighted by molar-refractivity contribution is 0.523. The zero-order valence-electron chi connectivity index (χ0n) is 14.3. The molecule has 0 amide bonds. The van der Waals surface area contributed by atoms with E-state index in [1.165, 1.54) is 30.3 Å². The van der Waals surface area contributed by atoms with Gasteiger partial charge in [0.05, 0.1) is 21.7 Å². The largest absolute Gasteiger partial charge is 0.311 e.